The number of carbonyl (C=O) groups is 1. The van der Waals surface area contributed by atoms with E-state index in [1.807, 2.05) is 20.8 Å². The van der Waals surface area contributed by atoms with Gasteiger partial charge in [-0.2, -0.15) is 0 Å². The Morgan fingerprint density at radius 1 is 0.795 bits per heavy atom. The van der Waals surface area contributed by atoms with E-state index in [1.54, 1.807) is 0 Å². The lowest BCUT2D eigenvalue weighted by Gasteiger charge is -2.46. The van der Waals surface area contributed by atoms with Crippen LogP contribution in [0.4, 0.5) is 0 Å². The predicted molar refractivity (Wildman–Crippen MR) is 169 cm³/mol. The molecule has 0 aromatic heterocycles. The largest absolute Gasteiger partial charge is 0.463 e. The molecule has 0 saturated carbocycles. The van der Waals surface area contributed by atoms with Crippen molar-refractivity contribution in [2.75, 3.05) is 26.4 Å². The zero-order valence-electron chi connectivity index (χ0n) is 27.5. The number of hydrogen-bond donors (Lipinski definition) is 1. The van der Waals surface area contributed by atoms with E-state index in [0.717, 1.165) is 25.7 Å². The van der Waals surface area contributed by atoms with Gasteiger partial charge in [-0.25, -0.2) is 0 Å². The smallest absolute Gasteiger partial charge is 0.305 e. The van der Waals surface area contributed by atoms with E-state index < -0.39 is 3.61 Å². The van der Waals surface area contributed by atoms with E-state index in [-0.39, 0.29) is 46.9 Å². The number of rotatable bonds is 21. The van der Waals surface area contributed by atoms with Crippen molar-refractivity contribution in [3.63, 3.8) is 0 Å². The van der Waals surface area contributed by atoms with Crippen LogP contribution in [0.1, 0.15) is 122 Å². The molecular weight excluding hydrogens is 609 g/mol. The number of halogens is 1. The summed E-state index contributed by atoms with van der Waals surface area (Å²) in [6.07, 6.45) is 3.55. The zero-order chi connectivity index (χ0) is 30.7. The zero-order valence-corrected chi connectivity index (χ0v) is 29.7. The van der Waals surface area contributed by atoms with Crippen LogP contribution in [0.3, 0.4) is 0 Å². The van der Waals surface area contributed by atoms with Crippen molar-refractivity contribution >= 4 is 28.6 Å². The molecule has 8 heteroatoms. The highest BCUT2D eigenvalue weighted by molar-refractivity contribution is 14.1. The molecule has 0 bridgehead atoms. The molecule has 2 N–H and O–H groups in total. The van der Waals surface area contributed by atoms with Crippen molar-refractivity contribution < 1.29 is 28.5 Å². The van der Waals surface area contributed by atoms with Crippen LogP contribution in [0, 0.1) is 16.7 Å². The summed E-state index contributed by atoms with van der Waals surface area (Å²) < 4.78 is 29.6. The normalized spacial score (nSPS) is 16.7. The first-order chi connectivity index (χ1) is 17.5. The summed E-state index contributed by atoms with van der Waals surface area (Å²) in [7, 11) is 0. The predicted octanol–water partition coefficient (Wildman–Crippen LogP) is 7.66. The molecule has 0 aromatic rings. The SMILES string of the molecule is CC(C)CCC(=O)OCCOC(C)(C)CCOC(C)(I)C(C)(C)CC(C)OC(C)(C)C(C)(C)CCOC(C)N. The molecular formula is C31H62INO6. The molecule has 0 spiro atoms. The van der Waals surface area contributed by atoms with Crippen LogP contribution >= 0.6 is 22.6 Å². The van der Waals surface area contributed by atoms with Gasteiger partial charge in [-0.3, -0.25) is 4.79 Å². The van der Waals surface area contributed by atoms with Crippen molar-refractivity contribution in [3.8, 4) is 0 Å². The molecule has 0 fully saturated rings. The molecule has 3 unspecified atom stereocenters. The van der Waals surface area contributed by atoms with Gasteiger partial charge in [0.05, 0.1) is 30.5 Å². The van der Waals surface area contributed by atoms with Gasteiger partial charge in [0.1, 0.15) is 16.4 Å². The van der Waals surface area contributed by atoms with Crippen molar-refractivity contribution in [1.82, 2.24) is 0 Å². The summed E-state index contributed by atoms with van der Waals surface area (Å²) >= 11 is 2.43. The maximum absolute atomic E-state index is 11.8. The second-order valence-electron chi connectivity index (χ2n) is 14.0. The fraction of sp³-hybridized carbons (Fsp3) is 0.968. The van der Waals surface area contributed by atoms with E-state index in [4.69, 9.17) is 29.4 Å². The summed E-state index contributed by atoms with van der Waals surface area (Å²) in [4.78, 5) is 11.8. The standard InChI is InChI=1S/C31H62INO6/c1-23(2)14-15-26(34)36-20-21-37-29(9,10)17-19-38-31(13,32)28(7,8)22-24(3)39-30(11,12)27(5,6)16-18-35-25(4)33/h23-25H,14-22,33H2,1-13H3. The maximum Gasteiger partial charge on any atom is 0.305 e. The van der Waals surface area contributed by atoms with Gasteiger partial charge in [0, 0.05) is 18.4 Å². The highest BCUT2D eigenvalue weighted by Gasteiger charge is 2.44. The van der Waals surface area contributed by atoms with Crippen molar-refractivity contribution in [3.05, 3.63) is 0 Å². The lowest BCUT2D eigenvalue weighted by atomic mass is 9.74. The molecule has 0 saturated heterocycles. The van der Waals surface area contributed by atoms with Gasteiger partial charge in [-0.05, 0) is 108 Å². The molecule has 0 heterocycles. The van der Waals surface area contributed by atoms with Gasteiger partial charge in [-0.15, -0.1) is 0 Å². The molecule has 0 rings (SSSR count). The molecule has 234 valence electrons. The Balaban J connectivity index is 4.72. The molecule has 0 aliphatic heterocycles. The van der Waals surface area contributed by atoms with Crippen LogP contribution in [0.15, 0.2) is 0 Å². The van der Waals surface area contributed by atoms with Crippen LogP contribution in [0.25, 0.3) is 0 Å². The molecule has 39 heavy (non-hydrogen) atoms. The minimum atomic E-state index is -0.394. The minimum Gasteiger partial charge on any atom is -0.463 e. The van der Waals surface area contributed by atoms with Crippen LogP contribution in [0.5, 0.6) is 0 Å². The number of carbonyl (C=O) groups excluding carboxylic acids is 1. The molecule has 0 aromatic carbocycles. The van der Waals surface area contributed by atoms with Crippen molar-refractivity contribution in [1.29, 1.82) is 0 Å². The number of hydrogen-bond acceptors (Lipinski definition) is 7. The van der Waals surface area contributed by atoms with E-state index in [2.05, 4.69) is 91.8 Å². The Hall–Kier alpha value is -0.000000000000000125. The molecule has 3 atom stereocenters. The fourth-order valence-electron chi connectivity index (χ4n) is 4.11. The third kappa shape index (κ3) is 15.7. The van der Waals surface area contributed by atoms with E-state index in [9.17, 15) is 4.79 Å². The fourth-order valence-corrected chi connectivity index (χ4v) is 4.55. The van der Waals surface area contributed by atoms with E-state index in [1.165, 1.54) is 0 Å². The maximum atomic E-state index is 11.8. The average Bonchev–Trinajstić information content (AvgIpc) is 2.73. The second kappa shape index (κ2) is 16.6. The van der Waals surface area contributed by atoms with Gasteiger partial charge >= 0.3 is 5.97 Å². The van der Waals surface area contributed by atoms with Gasteiger partial charge in [0.2, 0.25) is 0 Å². The lowest BCUT2D eigenvalue weighted by Crippen LogP contribution is -2.47. The molecule has 0 aliphatic rings. The van der Waals surface area contributed by atoms with Gasteiger partial charge < -0.3 is 29.4 Å². The quantitative estimate of drug-likeness (QED) is 0.0441. The molecule has 0 aliphatic carbocycles. The first kappa shape index (κ1) is 39.0. The number of ether oxygens (including phenoxy) is 5. The van der Waals surface area contributed by atoms with Crippen LogP contribution in [-0.4, -0.2) is 59.5 Å². The van der Waals surface area contributed by atoms with Crippen molar-refractivity contribution in [2.24, 2.45) is 22.5 Å². The Labute approximate surface area is 254 Å². The number of esters is 1. The highest BCUT2D eigenvalue weighted by Crippen LogP contribution is 2.45. The van der Waals surface area contributed by atoms with Crippen LogP contribution in [-0.2, 0) is 28.5 Å². The van der Waals surface area contributed by atoms with E-state index >= 15 is 0 Å². The Bertz CT molecular complexity index is 703. The van der Waals surface area contributed by atoms with Crippen LogP contribution in [0.2, 0.25) is 0 Å². The second-order valence-corrected chi connectivity index (χ2v) is 16.1. The summed E-state index contributed by atoms with van der Waals surface area (Å²) in [6.45, 7) is 29.5. The molecule has 0 amide bonds. The van der Waals surface area contributed by atoms with Gasteiger partial charge in [0.15, 0.2) is 0 Å². The minimum absolute atomic E-state index is 0.0457. The van der Waals surface area contributed by atoms with Gasteiger partial charge in [-0.1, -0.05) is 41.5 Å². The first-order valence-corrected chi connectivity index (χ1v) is 15.8. The number of alkyl halides is 1. The third-order valence-electron chi connectivity index (χ3n) is 8.08. The Morgan fingerprint density at radius 2 is 1.38 bits per heavy atom. The van der Waals surface area contributed by atoms with E-state index in [0.29, 0.717) is 32.2 Å². The monoisotopic (exact) mass is 671 g/mol. The van der Waals surface area contributed by atoms with Crippen LogP contribution < -0.4 is 5.73 Å². The Kier molecular flexibility index (Phi) is 16.6. The number of nitrogens with two attached hydrogens (primary N) is 1. The third-order valence-corrected chi connectivity index (χ3v) is 9.85. The highest BCUT2D eigenvalue weighted by atomic mass is 127. The molecule has 0 radical (unpaired) electrons. The lowest BCUT2D eigenvalue weighted by molar-refractivity contribution is -0.156. The Morgan fingerprint density at radius 3 is 1.92 bits per heavy atom. The summed E-state index contributed by atoms with van der Waals surface area (Å²) in [5, 5.41) is 0. The molecule has 7 nitrogen and oxygen atoms in total. The van der Waals surface area contributed by atoms with Gasteiger partial charge in [0.25, 0.3) is 0 Å². The van der Waals surface area contributed by atoms with Crippen molar-refractivity contribution in [2.45, 2.75) is 149 Å². The first-order valence-electron chi connectivity index (χ1n) is 14.7. The summed E-state index contributed by atoms with van der Waals surface area (Å²) in [5.41, 5.74) is 4.81. The summed E-state index contributed by atoms with van der Waals surface area (Å²) in [6, 6.07) is 0. The topological polar surface area (TPSA) is 89.2 Å². The summed E-state index contributed by atoms with van der Waals surface area (Å²) in [5.74, 6) is 0.337. The average molecular weight is 672 g/mol.